The van der Waals surface area contributed by atoms with Crippen molar-refractivity contribution >= 4 is 41.1 Å². The highest BCUT2D eigenvalue weighted by Gasteiger charge is 2.48. The second kappa shape index (κ2) is 9.03. The van der Waals surface area contributed by atoms with E-state index >= 15 is 0 Å². The molecule has 1 fully saturated rings. The zero-order valence-electron chi connectivity index (χ0n) is 17.8. The van der Waals surface area contributed by atoms with Gasteiger partial charge in [0.25, 0.3) is 5.56 Å². The van der Waals surface area contributed by atoms with E-state index in [0.29, 0.717) is 0 Å². The molecule has 0 saturated carbocycles. The Bertz CT molecular complexity index is 1120. The van der Waals surface area contributed by atoms with Crippen LogP contribution in [-0.2, 0) is 28.6 Å². The molecule has 2 aromatic heterocycles. The van der Waals surface area contributed by atoms with E-state index in [0.717, 1.165) is 0 Å². The number of esters is 2. The van der Waals surface area contributed by atoms with Crippen molar-refractivity contribution in [3.8, 4) is 0 Å². The summed E-state index contributed by atoms with van der Waals surface area (Å²) < 4.78 is 16.8. The molecular formula is C18H22N6O8. The molecule has 32 heavy (non-hydrogen) atoms. The van der Waals surface area contributed by atoms with E-state index in [1.165, 1.54) is 43.7 Å². The third-order valence-corrected chi connectivity index (χ3v) is 4.76. The summed E-state index contributed by atoms with van der Waals surface area (Å²) in [7, 11) is 1.17. The number of ether oxygens (including phenoxy) is 3. The number of carbonyl (C=O) groups excluding carboxylic acids is 4. The molecule has 14 heteroatoms. The fourth-order valence-electron chi connectivity index (χ4n) is 3.59. The standard InChI is InChI=1S/C18H22N6O8/c1-8(25)20-17-21-15-14(16(28)22-17)19-7-23(15)13-5-12(32-10(3)27)11(6-31-9(2)26)24(13)18(29)30-4/h7,11-13H,5-6H2,1-4H3,(H2,20,21,22,25,28). The van der Waals surface area contributed by atoms with Crippen molar-refractivity contribution in [2.45, 2.75) is 45.5 Å². The van der Waals surface area contributed by atoms with E-state index in [1.807, 2.05) is 0 Å². The van der Waals surface area contributed by atoms with Crippen LogP contribution in [0.25, 0.3) is 11.2 Å². The summed E-state index contributed by atoms with van der Waals surface area (Å²) >= 11 is 0. The van der Waals surface area contributed by atoms with Crippen molar-refractivity contribution in [2.75, 3.05) is 19.0 Å². The van der Waals surface area contributed by atoms with Crippen LogP contribution in [0.3, 0.4) is 0 Å². The Hall–Kier alpha value is -3.97. The number of hydrogen-bond donors (Lipinski definition) is 2. The van der Waals surface area contributed by atoms with E-state index in [9.17, 15) is 24.0 Å². The molecule has 2 aromatic rings. The number of anilines is 1. The molecule has 0 spiro atoms. The molecule has 0 aromatic carbocycles. The molecule has 0 aliphatic carbocycles. The number of methoxy groups -OCH3 is 1. The maximum Gasteiger partial charge on any atom is 0.411 e. The van der Waals surface area contributed by atoms with Crippen molar-refractivity contribution in [1.29, 1.82) is 0 Å². The lowest BCUT2D eigenvalue weighted by atomic mass is 10.1. The fourth-order valence-corrected chi connectivity index (χ4v) is 3.59. The number of H-pyrrole nitrogens is 1. The summed E-state index contributed by atoms with van der Waals surface area (Å²) in [5.74, 6) is -1.73. The van der Waals surface area contributed by atoms with Gasteiger partial charge in [-0.2, -0.15) is 4.98 Å². The summed E-state index contributed by atoms with van der Waals surface area (Å²) in [6.45, 7) is 3.42. The molecule has 0 bridgehead atoms. The topological polar surface area (TPSA) is 175 Å². The zero-order chi connectivity index (χ0) is 23.6. The van der Waals surface area contributed by atoms with E-state index < -0.39 is 47.8 Å². The van der Waals surface area contributed by atoms with Crippen molar-refractivity contribution < 1.29 is 33.4 Å². The molecule has 3 rings (SSSR count). The Labute approximate surface area is 180 Å². The molecule has 1 saturated heterocycles. The van der Waals surface area contributed by atoms with E-state index in [2.05, 4.69) is 20.3 Å². The minimum atomic E-state index is -0.866. The van der Waals surface area contributed by atoms with Gasteiger partial charge in [-0.1, -0.05) is 0 Å². The predicted octanol–water partition coefficient (Wildman–Crippen LogP) is -0.0879. The van der Waals surface area contributed by atoms with Crippen LogP contribution in [0.1, 0.15) is 33.4 Å². The first-order valence-electron chi connectivity index (χ1n) is 9.53. The van der Waals surface area contributed by atoms with Crippen LogP contribution in [-0.4, -0.2) is 74.2 Å². The minimum absolute atomic E-state index is 0.0311. The highest BCUT2D eigenvalue weighted by atomic mass is 16.6. The predicted molar refractivity (Wildman–Crippen MR) is 106 cm³/mol. The van der Waals surface area contributed by atoms with Crippen molar-refractivity contribution in [1.82, 2.24) is 24.4 Å². The number of nitrogens with one attached hydrogen (secondary N) is 2. The van der Waals surface area contributed by atoms with Gasteiger partial charge in [-0.05, 0) is 0 Å². The van der Waals surface area contributed by atoms with E-state index in [4.69, 9.17) is 14.2 Å². The number of rotatable bonds is 5. The third kappa shape index (κ3) is 4.53. The van der Waals surface area contributed by atoms with Crippen molar-refractivity contribution in [3.63, 3.8) is 0 Å². The van der Waals surface area contributed by atoms with Gasteiger partial charge in [-0.25, -0.2) is 9.78 Å². The Morgan fingerprint density at radius 2 is 1.94 bits per heavy atom. The lowest BCUT2D eigenvalue weighted by Crippen LogP contribution is -2.45. The highest BCUT2D eigenvalue weighted by molar-refractivity contribution is 5.87. The second-order valence-corrected chi connectivity index (χ2v) is 7.03. The van der Waals surface area contributed by atoms with Gasteiger partial charge in [0.1, 0.15) is 24.9 Å². The first-order chi connectivity index (χ1) is 15.1. The number of carbonyl (C=O) groups is 4. The van der Waals surface area contributed by atoms with Crippen LogP contribution in [0.4, 0.5) is 10.7 Å². The number of nitrogens with zero attached hydrogens (tertiary/aromatic N) is 4. The first-order valence-corrected chi connectivity index (χ1v) is 9.53. The van der Waals surface area contributed by atoms with Gasteiger partial charge in [0.2, 0.25) is 11.9 Å². The van der Waals surface area contributed by atoms with Crippen molar-refractivity contribution in [3.05, 3.63) is 16.7 Å². The smallest absolute Gasteiger partial charge is 0.411 e. The Morgan fingerprint density at radius 1 is 1.22 bits per heavy atom. The molecule has 1 aliphatic heterocycles. The molecular weight excluding hydrogens is 428 g/mol. The van der Waals surface area contributed by atoms with Crippen molar-refractivity contribution in [2.24, 2.45) is 0 Å². The minimum Gasteiger partial charge on any atom is -0.464 e. The first kappa shape index (κ1) is 22.7. The van der Waals surface area contributed by atoms with Crippen LogP contribution in [0.15, 0.2) is 11.1 Å². The van der Waals surface area contributed by atoms with Gasteiger partial charge >= 0.3 is 18.0 Å². The molecule has 14 nitrogen and oxygen atoms in total. The molecule has 1 aliphatic rings. The number of imidazole rings is 1. The second-order valence-electron chi connectivity index (χ2n) is 7.03. The number of likely N-dealkylation sites (tertiary alicyclic amines) is 1. The SMILES string of the molecule is COC(=O)N1C(COC(C)=O)C(OC(C)=O)CC1n1cnc2c(=O)[nH]c(NC(C)=O)nc21. The van der Waals surface area contributed by atoms with Gasteiger partial charge in [0, 0.05) is 27.2 Å². The number of aromatic nitrogens is 4. The average molecular weight is 450 g/mol. The molecule has 3 heterocycles. The zero-order valence-corrected chi connectivity index (χ0v) is 17.8. The van der Waals surface area contributed by atoms with Crippen LogP contribution in [0, 0.1) is 0 Å². The summed E-state index contributed by atoms with van der Waals surface area (Å²) in [5, 5.41) is 2.39. The summed E-state index contributed by atoms with van der Waals surface area (Å²) in [4.78, 5) is 71.4. The summed E-state index contributed by atoms with van der Waals surface area (Å²) in [6.07, 6.45) is -1.10. The normalized spacial score (nSPS) is 20.1. The largest absolute Gasteiger partial charge is 0.464 e. The average Bonchev–Trinajstić information content (AvgIpc) is 3.26. The molecule has 3 unspecified atom stereocenters. The van der Waals surface area contributed by atoms with Gasteiger partial charge in [-0.15, -0.1) is 0 Å². The molecule has 172 valence electrons. The van der Waals surface area contributed by atoms with E-state index in [-0.39, 0.29) is 30.1 Å². The number of aromatic amines is 1. The monoisotopic (exact) mass is 450 g/mol. The van der Waals surface area contributed by atoms with Crippen LogP contribution in [0.5, 0.6) is 0 Å². The molecule has 2 N–H and O–H groups in total. The number of amides is 2. The van der Waals surface area contributed by atoms with Crippen LogP contribution < -0.4 is 10.9 Å². The lowest BCUT2D eigenvalue weighted by Gasteiger charge is -2.29. The maximum atomic E-state index is 12.7. The van der Waals surface area contributed by atoms with Gasteiger partial charge in [-0.3, -0.25) is 38.9 Å². The van der Waals surface area contributed by atoms with E-state index in [1.54, 1.807) is 0 Å². The highest BCUT2D eigenvalue weighted by Crippen LogP contribution is 2.36. The number of fused-ring (bicyclic) bond motifs is 1. The fraction of sp³-hybridized carbons (Fsp3) is 0.500. The summed E-state index contributed by atoms with van der Waals surface area (Å²) in [6, 6.07) is -0.866. The third-order valence-electron chi connectivity index (χ3n) is 4.76. The van der Waals surface area contributed by atoms with Gasteiger partial charge < -0.3 is 14.2 Å². The quantitative estimate of drug-likeness (QED) is 0.463. The van der Waals surface area contributed by atoms with Gasteiger partial charge in [0.15, 0.2) is 11.2 Å². The van der Waals surface area contributed by atoms with Crippen LogP contribution in [0.2, 0.25) is 0 Å². The molecule has 2 amide bonds. The molecule has 3 atom stereocenters. The maximum absolute atomic E-state index is 12.7. The number of hydrogen-bond acceptors (Lipinski definition) is 10. The molecule has 0 radical (unpaired) electrons. The van der Waals surface area contributed by atoms with Gasteiger partial charge in [0.05, 0.1) is 13.4 Å². The lowest BCUT2D eigenvalue weighted by molar-refractivity contribution is -0.150. The Morgan fingerprint density at radius 3 is 2.53 bits per heavy atom. The Kier molecular flexibility index (Phi) is 6.41. The Balaban J connectivity index is 2.10. The van der Waals surface area contributed by atoms with Crippen LogP contribution >= 0.6 is 0 Å². The summed E-state index contributed by atoms with van der Waals surface area (Å²) in [5.41, 5.74) is -0.560.